The molecule has 1 heterocycles. The van der Waals surface area contributed by atoms with Crippen LogP contribution in [0.15, 0.2) is 36.7 Å². The van der Waals surface area contributed by atoms with Crippen molar-refractivity contribution in [3.63, 3.8) is 0 Å². The summed E-state index contributed by atoms with van der Waals surface area (Å²) in [7, 11) is 0. The first-order valence-electron chi connectivity index (χ1n) is 5.81. The maximum atomic E-state index is 13.6. The van der Waals surface area contributed by atoms with Crippen molar-refractivity contribution in [2.45, 2.75) is 13.5 Å². The van der Waals surface area contributed by atoms with Crippen molar-refractivity contribution in [2.24, 2.45) is 0 Å². The molecule has 0 unspecified atom stereocenters. The van der Waals surface area contributed by atoms with Crippen molar-refractivity contribution < 1.29 is 4.39 Å². The molecule has 0 saturated heterocycles. The second-order valence-electron chi connectivity index (χ2n) is 3.94. The summed E-state index contributed by atoms with van der Waals surface area (Å²) in [6, 6.07) is 7.22. The molecule has 0 fully saturated rings. The molecule has 94 valence electrons. The van der Waals surface area contributed by atoms with Crippen molar-refractivity contribution in [1.29, 1.82) is 0 Å². The van der Waals surface area contributed by atoms with Gasteiger partial charge in [-0.2, -0.15) is 0 Å². The molecule has 0 spiro atoms. The van der Waals surface area contributed by atoms with E-state index in [2.05, 4.69) is 10.3 Å². The third kappa shape index (κ3) is 2.86. The first-order chi connectivity index (χ1) is 8.72. The second kappa shape index (κ2) is 5.94. The lowest BCUT2D eigenvalue weighted by molar-refractivity contribution is 0.625. The van der Waals surface area contributed by atoms with E-state index in [-0.39, 0.29) is 5.82 Å². The van der Waals surface area contributed by atoms with Gasteiger partial charge in [-0.3, -0.25) is 4.98 Å². The van der Waals surface area contributed by atoms with Crippen LogP contribution in [0.5, 0.6) is 0 Å². The van der Waals surface area contributed by atoms with Crippen LogP contribution in [0.2, 0.25) is 5.02 Å². The van der Waals surface area contributed by atoms with E-state index in [1.165, 1.54) is 6.20 Å². The molecule has 0 radical (unpaired) electrons. The van der Waals surface area contributed by atoms with Crippen molar-refractivity contribution in [2.75, 3.05) is 6.54 Å². The Hall–Kier alpha value is -1.45. The van der Waals surface area contributed by atoms with Crippen LogP contribution in [0, 0.1) is 5.82 Å². The van der Waals surface area contributed by atoms with E-state index in [4.69, 9.17) is 11.6 Å². The Balaban J connectivity index is 2.32. The lowest BCUT2D eigenvalue weighted by Crippen LogP contribution is -2.11. The highest BCUT2D eigenvalue weighted by Crippen LogP contribution is 2.27. The van der Waals surface area contributed by atoms with E-state index >= 15 is 0 Å². The lowest BCUT2D eigenvalue weighted by Gasteiger charge is -2.08. The predicted molar refractivity (Wildman–Crippen MR) is 72.0 cm³/mol. The van der Waals surface area contributed by atoms with E-state index in [0.717, 1.165) is 17.7 Å². The minimum atomic E-state index is -0.340. The zero-order valence-electron chi connectivity index (χ0n) is 10.1. The van der Waals surface area contributed by atoms with Crippen molar-refractivity contribution in [1.82, 2.24) is 10.3 Å². The number of rotatable bonds is 4. The van der Waals surface area contributed by atoms with Crippen LogP contribution in [0.25, 0.3) is 11.1 Å². The maximum Gasteiger partial charge on any atom is 0.149 e. The summed E-state index contributed by atoms with van der Waals surface area (Å²) in [5, 5.41) is 3.85. The Kier molecular flexibility index (Phi) is 4.28. The SMILES string of the molecule is CCNCc1ccc(-c2ccncc2F)cc1Cl. The Bertz CT molecular complexity index is 543. The van der Waals surface area contributed by atoms with Crippen LogP contribution in [0.3, 0.4) is 0 Å². The molecule has 1 aromatic carbocycles. The minimum Gasteiger partial charge on any atom is -0.313 e. The zero-order chi connectivity index (χ0) is 13.0. The molecular formula is C14H14ClFN2. The zero-order valence-corrected chi connectivity index (χ0v) is 10.8. The van der Waals surface area contributed by atoms with Crippen molar-refractivity contribution in [3.8, 4) is 11.1 Å². The van der Waals surface area contributed by atoms with Crippen LogP contribution in [0.1, 0.15) is 12.5 Å². The number of hydrogen-bond donors (Lipinski definition) is 1. The van der Waals surface area contributed by atoms with Gasteiger partial charge in [-0.15, -0.1) is 0 Å². The Morgan fingerprint density at radius 1 is 1.33 bits per heavy atom. The number of nitrogens with zero attached hydrogens (tertiary/aromatic N) is 1. The Morgan fingerprint density at radius 2 is 2.17 bits per heavy atom. The van der Waals surface area contributed by atoms with Crippen LogP contribution in [-0.4, -0.2) is 11.5 Å². The third-order valence-electron chi connectivity index (χ3n) is 2.70. The van der Waals surface area contributed by atoms with E-state index in [9.17, 15) is 4.39 Å². The summed E-state index contributed by atoms with van der Waals surface area (Å²) in [5.41, 5.74) is 2.29. The molecule has 0 bridgehead atoms. The maximum absolute atomic E-state index is 13.6. The molecule has 0 atom stereocenters. The molecule has 0 amide bonds. The van der Waals surface area contributed by atoms with Crippen molar-refractivity contribution in [3.05, 3.63) is 53.1 Å². The normalized spacial score (nSPS) is 10.6. The highest BCUT2D eigenvalue weighted by Gasteiger charge is 2.07. The lowest BCUT2D eigenvalue weighted by atomic mass is 10.0. The number of aromatic nitrogens is 1. The summed E-state index contributed by atoms with van der Waals surface area (Å²) in [5.74, 6) is -0.340. The third-order valence-corrected chi connectivity index (χ3v) is 3.05. The molecule has 4 heteroatoms. The van der Waals surface area contributed by atoms with Gasteiger partial charge in [-0.1, -0.05) is 30.7 Å². The second-order valence-corrected chi connectivity index (χ2v) is 4.35. The number of pyridine rings is 1. The van der Waals surface area contributed by atoms with Crippen molar-refractivity contribution >= 4 is 11.6 Å². The van der Waals surface area contributed by atoms with Crippen LogP contribution < -0.4 is 5.32 Å². The molecule has 1 N–H and O–H groups in total. The smallest absolute Gasteiger partial charge is 0.149 e. The summed E-state index contributed by atoms with van der Waals surface area (Å²) in [6.07, 6.45) is 2.77. The average Bonchev–Trinajstić information content (AvgIpc) is 2.38. The minimum absolute atomic E-state index is 0.340. The molecule has 0 saturated carbocycles. The molecule has 2 nitrogen and oxygen atoms in total. The van der Waals surface area contributed by atoms with E-state index in [1.807, 2.05) is 19.1 Å². The molecule has 18 heavy (non-hydrogen) atoms. The van der Waals surface area contributed by atoms with Gasteiger partial charge < -0.3 is 5.32 Å². The quantitative estimate of drug-likeness (QED) is 0.912. The molecule has 0 aliphatic rings. The van der Waals surface area contributed by atoms with Gasteiger partial charge in [-0.05, 0) is 29.8 Å². The highest BCUT2D eigenvalue weighted by atomic mass is 35.5. The van der Waals surface area contributed by atoms with Gasteiger partial charge in [0.2, 0.25) is 0 Å². The molecular weight excluding hydrogens is 251 g/mol. The summed E-state index contributed by atoms with van der Waals surface area (Å²) < 4.78 is 13.6. The molecule has 0 aliphatic heterocycles. The largest absolute Gasteiger partial charge is 0.313 e. The fourth-order valence-corrected chi connectivity index (χ4v) is 1.97. The van der Waals surface area contributed by atoms with E-state index < -0.39 is 0 Å². The van der Waals surface area contributed by atoms with Crippen LogP contribution in [0.4, 0.5) is 4.39 Å². The van der Waals surface area contributed by atoms with Gasteiger partial charge >= 0.3 is 0 Å². The number of halogens is 2. The van der Waals surface area contributed by atoms with Gasteiger partial charge in [0.05, 0.1) is 6.20 Å². The summed E-state index contributed by atoms with van der Waals surface area (Å²) in [4.78, 5) is 3.73. The van der Waals surface area contributed by atoms with Gasteiger partial charge in [0.25, 0.3) is 0 Å². The summed E-state index contributed by atoms with van der Waals surface area (Å²) >= 11 is 6.19. The van der Waals surface area contributed by atoms with Gasteiger partial charge in [0.1, 0.15) is 5.82 Å². The average molecular weight is 265 g/mol. The fraction of sp³-hybridized carbons (Fsp3) is 0.214. The molecule has 0 aliphatic carbocycles. The first-order valence-corrected chi connectivity index (χ1v) is 6.19. The molecule has 2 rings (SSSR count). The fourth-order valence-electron chi connectivity index (χ4n) is 1.73. The first kappa shape index (κ1) is 13.0. The van der Waals surface area contributed by atoms with E-state index in [0.29, 0.717) is 17.1 Å². The van der Waals surface area contributed by atoms with Crippen LogP contribution in [-0.2, 0) is 6.54 Å². The standard InChI is InChI=1S/C14H14ClFN2/c1-2-17-8-11-4-3-10(7-13(11)15)12-5-6-18-9-14(12)16/h3-7,9,17H,2,8H2,1H3. The molecule has 1 aromatic heterocycles. The van der Waals surface area contributed by atoms with Gasteiger partial charge in [0, 0.05) is 23.3 Å². The highest BCUT2D eigenvalue weighted by molar-refractivity contribution is 6.31. The Morgan fingerprint density at radius 3 is 2.83 bits per heavy atom. The van der Waals surface area contributed by atoms with Gasteiger partial charge in [0.15, 0.2) is 0 Å². The monoisotopic (exact) mass is 264 g/mol. The molecule has 2 aromatic rings. The number of nitrogens with one attached hydrogen (secondary N) is 1. The van der Waals surface area contributed by atoms with E-state index in [1.54, 1.807) is 18.3 Å². The Labute approximate surface area is 111 Å². The number of hydrogen-bond acceptors (Lipinski definition) is 2. The predicted octanol–water partition coefficient (Wildman–Crippen LogP) is 3.65. The number of benzene rings is 1. The summed E-state index contributed by atoms with van der Waals surface area (Å²) in [6.45, 7) is 3.64. The topological polar surface area (TPSA) is 24.9 Å². The van der Waals surface area contributed by atoms with Crippen LogP contribution >= 0.6 is 11.6 Å². The van der Waals surface area contributed by atoms with Gasteiger partial charge in [-0.25, -0.2) is 4.39 Å².